The van der Waals surface area contributed by atoms with E-state index in [1.807, 2.05) is 12.3 Å². The van der Waals surface area contributed by atoms with Crippen LogP contribution in [-0.4, -0.2) is 33.6 Å². The van der Waals surface area contributed by atoms with E-state index in [1.54, 1.807) is 16.8 Å². The lowest BCUT2D eigenvalue weighted by molar-refractivity contribution is -0.0390. The van der Waals surface area contributed by atoms with Crippen LogP contribution in [0.1, 0.15) is 25.5 Å². The van der Waals surface area contributed by atoms with Gasteiger partial charge in [0.1, 0.15) is 6.23 Å². The highest BCUT2D eigenvalue weighted by Gasteiger charge is 2.20. The largest absolute Gasteiger partial charge is 0.489 e. The molecule has 1 fully saturated rings. The SMILES string of the molecule is OB(O)c1cccc2nn(C3CCCCO3)cc12. The molecule has 1 unspecified atom stereocenters. The molecule has 2 N–H and O–H groups in total. The predicted octanol–water partition coefficient (Wildman–Crippen LogP) is 0.415. The standard InChI is InChI=1S/C12H15BN2O3/c16-13(17)10-4-3-5-11-9(10)8-15(14-11)12-6-1-2-7-18-12/h3-5,8,12,16-17H,1-2,6-7H2. The fraction of sp³-hybridized carbons (Fsp3) is 0.417. The summed E-state index contributed by atoms with van der Waals surface area (Å²) in [4.78, 5) is 0. The van der Waals surface area contributed by atoms with Gasteiger partial charge < -0.3 is 14.8 Å². The molecule has 1 aromatic heterocycles. The topological polar surface area (TPSA) is 67.5 Å². The average Bonchev–Trinajstić information content (AvgIpc) is 2.83. The maximum absolute atomic E-state index is 9.33. The van der Waals surface area contributed by atoms with Crippen LogP contribution in [0.3, 0.4) is 0 Å². The first-order chi connectivity index (χ1) is 8.75. The summed E-state index contributed by atoms with van der Waals surface area (Å²) in [6.07, 6.45) is 4.98. The van der Waals surface area contributed by atoms with Crippen molar-refractivity contribution in [2.75, 3.05) is 6.61 Å². The second-order valence-electron chi connectivity index (χ2n) is 4.58. The van der Waals surface area contributed by atoms with Crippen LogP contribution in [0.25, 0.3) is 10.9 Å². The van der Waals surface area contributed by atoms with Crippen molar-refractivity contribution in [3.63, 3.8) is 0 Å². The zero-order valence-electron chi connectivity index (χ0n) is 9.99. The maximum atomic E-state index is 9.33. The fourth-order valence-electron chi connectivity index (χ4n) is 2.39. The van der Waals surface area contributed by atoms with Gasteiger partial charge in [-0.1, -0.05) is 12.1 Å². The lowest BCUT2D eigenvalue weighted by Gasteiger charge is -2.22. The number of ether oxygens (including phenoxy) is 1. The lowest BCUT2D eigenvalue weighted by Crippen LogP contribution is -2.30. The molecule has 1 atom stereocenters. The van der Waals surface area contributed by atoms with Crippen LogP contribution in [0.15, 0.2) is 24.4 Å². The van der Waals surface area contributed by atoms with Crippen molar-refractivity contribution in [1.82, 2.24) is 9.78 Å². The Morgan fingerprint density at radius 3 is 2.94 bits per heavy atom. The van der Waals surface area contributed by atoms with E-state index in [-0.39, 0.29) is 6.23 Å². The van der Waals surface area contributed by atoms with Crippen LogP contribution in [-0.2, 0) is 4.74 Å². The second-order valence-corrected chi connectivity index (χ2v) is 4.58. The lowest BCUT2D eigenvalue weighted by atomic mass is 9.78. The van der Waals surface area contributed by atoms with Crippen LogP contribution in [0.2, 0.25) is 0 Å². The first-order valence-electron chi connectivity index (χ1n) is 6.21. The van der Waals surface area contributed by atoms with E-state index in [2.05, 4.69) is 5.10 Å². The van der Waals surface area contributed by atoms with E-state index in [4.69, 9.17) is 4.74 Å². The molecule has 0 amide bonds. The summed E-state index contributed by atoms with van der Waals surface area (Å²) in [5, 5.41) is 23.9. The number of aromatic nitrogens is 2. The van der Waals surface area contributed by atoms with Gasteiger partial charge in [0.05, 0.1) is 5.52 Å². The van der Waals surface area contributed by atoms with Crippen molar-refractivity contribution < 1.29 is 14.8 Å². The highest BCUT2D eigenvalue weighted by molar-refractivity contribution is 6.61. The first-order valence-corrected chi connectivity index (χ1v) is 6.21. The maximum Gasteiger partial charge on any atom is 0.489 e. The Balaban J connectivity index is 2.02. The molecular formula is C12H15BN2O3. The molecule has 0 bridgehead atoms. The van der Waals surface area contributed by atoms with Crippen molar-refractivity contribution in [2.24, 2.45) is 0 Å². The fourth-order valence-corrected chi connectivity index (χ4v) is 2.39. The molecule has 2 heterocycles. The van der Waals surface area contributed by atoms with Crippen LogP contribution in [0.5, 0.6) is 0 Å². The summed E-state index contributed by atoms with van der Waals surface area (Å²) in [6, 6.07) is 5.33. The van der Waals surface area contributed by atoms with Crippen LogP contribution in [0.4, 0.5) is 0 Å². The molecule has 1 aromatic carbocycles. The molecule has 0 spiro atoms. The van der Waals surface area contributed by atoms with E-state index in [0.29, 0.717) is 5.46 Å². The van der Waals surface area contributed by atoms with Gasteiger partial charge in [0.2, 0.25) is 0 Å². The van der Waals surface area contributed by atoms with Crippen LogP contribution in [0, 0.1) is 0 Å². The van der Waals surface area contributed by atoms with Gasteiger partial charge in [-0.05, 0) is 30.8 Å². The van der Waals surface area contributed by atoms with Gasteiger partial charge in [-0.15, -0.1) is 0 Å². The zero-order valence-corrected chi connectivity index (χ0v) is 9.99. The Morgan fingerprint density at radius 2 is 2.22 bits per heavy atom. The molecule has 3 rings (SSSR count). The minimum Gasteiger partial charge on any atom is -0.423 e. The van der Waals surface area contributed by atoms with Gasteiger partial charge in [-0.25, -0.2) is 4.68 Å². The Labute approximate surface area is 105 Å². The van der Waals surface area contributed by atoms with Gasteiger partial charge in [0.15, 0.2) is 0 Å². The summed E-state index contributed by atoms with van der Waals surface area (Å²) in [5.74, 6) is 0. The third kappa shape index (κ3) is 2.03. The quantitative estimate of drug-likeness (QED) is 0.753. The number of benzene rings is 1. The molecule has 6 heteroatoms. The summed E-state index contributed by atoms with van der Waals surface area (Å²) < 4.78 is 7.46. The Bertz CT molecular complexity index is 549. The number of rotatable bonds is 2. The van der Waals surface area contributed by atoms with Gasteiger partial charge in [-0.2, -0.15) is 5.10 Å². The Morgan fingerprint density at radius 1 is 1.33 bits per heavy atom. The third-order valence-corrected chi connectivity index (χ3v) is 3.33. The van der Waals surface area contributed by atoms with Gasteiger partial charge in [-0.3, -0.25) is 0 Å². The minimum absolute atomic E-state index is 0.0326. The molecule has 1 saturated heterocycles. The van der Waals surface area contributed by atoms with Crippen molar-refractivity contribution >= 4 is 23.5 Å². The molecule has 5 nitrogen and oxygen atoms in total. The summed E-state index contributed by atoms with van der Waals surface area (Å²) in [6.45, 7) is 0.760. The normalized spacial score (nSPS) is 20.2. The van der Waals surface area contributed by atoms with Gasteiger partial charge in [0.25, 0.3) is 0 Å². The van der Waals surface area contributed by atoms with Gasteiger partial charge >= 0.3 is 7.12 Å². The van der Waals surface area contributed by atoms with E-state index < -0.39 is 7.12 Å². The molecule has 0 radical (unpaired) electrons. The van der Waals surface area contributed by atoms with Crippen molar-refractivity contribution in [1.29, 1.82) is 0 Å². The van der Waals surface area contributed by atoms with Crippen molar-refractivity contribution in [3.8, 4) is 0 Å². The summed E-state index contributed by atoms with van der Waals surface area (Å²) in [7, 11) is -1.47. The smallest absolute Gasteiger partial charge is 0.423 e. The zero-order chi connectivity index (χ0) is 12.5. The highest BCUT2D eigenvalue weighted by Crippen LogP contribution is 2.23. The van der Waals surface area contributed by atoms with E-state index in [0.717, 1.165) is 36.8 Å². The van der Waals surface area contributed by atoms with Gasteiger partial charge in [0, 0.05) is 18.2 Å². The van der Waals surface area contributed by atoms with Crippen LogP contribution >= 0.6 is 0 Å². The molecule has 18 heavy (non-hydrogen) atoms. The molecule has 2 aromatic rings. The number of fused-ring (bicyclic) bond motifs is 1. The number of hydrogen-bond donors (Lipinski definition) is 2. The first kappa shape index (κ1) is 11.7. The molecule has 94 valence electrons. The molecular weight excluding hydrogens is 231 g/mol. The molecule has 1 aliphatic heterocycles. The monoisotopic (exact) mass is 246 g/mol. The Kier molecular flexibility index (Phi) is 3.07. The molecule has 0 saturated carbocycles. The predicted molar refractivity (Wildman–Crippen MR) is 68.4 cm³/mol. The van der Waals surface area contributed by atoms with E-state index in [9.17, 15) is 10.0 Å². The van der Waals surface area contributed by atoms with Crippen molar-refractivity contribution in [3.05, 3.63) is 24.4 Å². The van der Waals surface area contributed by atoms with Crippen molar-refractivity contribution in [2.45, 2.75) is 25.5 Å². The minimum atomic E-state index is -1.47. The molecule has 1 aliphatic rings. The highest BCUT2D eigenvalue weighted by atomic mass is 16.5. The van der Waals surface area contributed by atoms with Crippen LogP contribution < -0.4 is 5.46 Å². The molecule has 0 aliphatic carbocycles. The third-order valence-electron chi connectivity index (χ3n) is 3.33. The number of hydrogen-bond acceptors (Lipinski definition) is 4. The van der Waals surface area contributed by atoms with E-state index >= 15 is 0 Å². The summed E-state index contributed by atoms with van der Waals surface area (Å²) >= 11 is 0. The van der Waals surface area contributed by atoms with E-state index in [1.165, 1.54) is 0 Å². The Hall–Kier alpha value is -1.37. The summed E-state index contributed by atoms with van der Waals surface area (Å²) in [5.41, 5.74) is 1.24. The average molecular weight is 246 g/mol. The second kappa shape index (κ2) is 4.72. The number of nitrogens with zero attached hydrogens (tertiary/aromatic N) is 2.